The second kappa shape index (κ2) is 9.49. The van der Waals surface area contributed by atoms with E-state index in [0.29, 0.717) is 29.1 Å². The average Bonchev–Trinajstić information content (AvgIpc) is 3.23. The highest BCUT2D eigenvalue weighted by Gasteiger charge is 2.10. The van der Waals surface area contributed by atoms with E-state index in [-0.39, 0.29) is 12.3 Å². The Morgan fingerprint density at radius 2 is 1.55 bits per heavy atom. The molecule has 0 spiro atoms. The van der Waals surface area contributed by atoms with Gasteiger partial charge in [-0.15, -0.1) is 15.0 Å². The van der Waals surface area contributed by atoms with Crippen molar-refractivity contribution in [1.82, 2.24) is 15.0 Å². The Labute approximate surface area is 178 Å². The lowest BCUT2D eigenvalue weighted by Gasteiger charge is -2.05. The molecule has 4 aromatic rings. The fraction of sp³-hybridized carbons (Fsp3) is 0.0833. The molecular formula is C24H19N3O4. The summed E-state index contributed by atoms with van der Waals surface area (Å²) in [5.41, 5.74) is 2.18. The number of ether oxygens (including phenoxy) is 2. The van der Waals surface area contributed by atoms with Gasteiger partial charge in [-0.05, 0) is 29.8 Å². The first-order valence-electron chi connectivity index (χ1n) is 9.68. The van der Waals surface area contributed by atoms with Crippen molar-refractivity contribution < 1.29 is 19.1 Å². The summed E-state index contributed by atoms with van der Waals surface area (Å²) in [5.74, 6) is 0.151. The Hall–Kier alpha value is -4.26. The van der Waals surface area contributed by atoms with Crippen molar-refractivity contribution in [2.45, 2.75) is 13.0 Å². The van der Waals surface area contributed by atoms with Crippen molar-refractivity contribution in [2.24, 2.45) is 0 Å². The topological polar surface area (TPSA) is 83.3 Å². The largest absolute Gasteiger partial charge is 0.489 e. The summed E-state index contributed by atoms with van der Waals surface area (Å²) in [7, 11) is 0. The molecule has 154 valence electrons. The Morgan fingerprint density at radius 3 is 2.32 bits per heavy atom. The highest BCUT2D eigenvalue weighted by atomic mass is 16.5. The van der Waals surface area contributed by atoms with Crippen molar-refractivity contribution in [3.63, 3.8) is 0 Å². The van der Waals surface area contributed by atoms with Crippen LogP contribution in [0, 0.1) is 0 Å². The molecule has 0 saturated heterocycles. The van der Waals surface area contributed by atoms with Crippen molar-refractivity contribution in [1.29, 1.82) is 0 Å². The molecule has 0 atom stereocenters. The molecule has 3 aromatic carbocycles. The number of hydrogen-bond acceptors (Lipinski definition) is 6. The molecular weight excluding hydrogens is 394 g/mol. The summed E-state index contributed by atoms with van der Waals surface area (Å²) in [5, 5.41) is 8.41. The molecule has 0 radical (unpaired) electrons. The lowest BCUT2D eigenvalue weighted by atomic mass is 10.2. The molecule has 1 heterocycles. The van der Waals surface area contributed by atoms with Gasteiger partial charge in [0.2, 0.25) is 0 Å². The van der Waals surface area contributed by atoms with Crippen molar-refractivity contribution in [3.8, 4) is 11.5 Å². The molecule has 7 heteroatoms. The normalized spacial score (nSPS) is 11.0. The van der Waals surface area contributed by atoms with E-state index in [1.165, 1.54) is 12.2 Å². The number of carbonyl (C=O) groups excluding carboxylic acids is 2. The lowest BCUT2D eigenvalue weighted by Crippen LogP contribution is -2.13. The summed E-state index contributed by atoms with van der Waals surface area (Å²) in [4.78, 5) is 25.2. The van der Waals surface area contributed by atoms with Gasteiger partial charge in [0.25, 0.3) is 5.91 Å². The Morgan fingerprint density at radius 1 is 0.839 bits per heavy atom. The van der Waals surface area contributed by atoms with Crippen LogP contribution in [0.3, 0.4) is 0 Å². The van der Waals surface area contributed by atoms with Crippen LogP contribution in [0.25, 0.3) is 11.0 Å². The maximum atomic E-state index is 12.4. The van der Waals surface area contributed by atoms with Gasteiger partial charge >= 0.3 is 5.97 Å². The van der Waals surface area contributed by atoms with Gasteiger partial charge in [0.1, 0.15) is 29.1 Å². The van der Waals surface area contributed by atoms with E-state index in [1.807, 2.05) is 36.4 Å². The first-order valence-corrected chi connectivity index (χ1v) is 9.68. The number of nitrogens with zero attached hydrogens (tertiary/aromatic N) is 3. The molecule has 0 N–H and O–H groups in total. The predicted octanol–water partition coefficient (Wildman–Crippen LogP) is 4.20. The molecule has 0 saturated carbocycles. The molecule has 1 aromatic heterocycles. The number of fused-ring (bicyclic) bond motifs is 1. The monoisotopic (exact) mass is 413 g/mol. The van der Waals surface area contributed by atoms with Crippen LogP contribution in [0.2, 0.25) is 0 Å². The third kappa shape index (κ3) is 5.42. The molecule has 0 amide bonds. The number of aromatic nitrogens is 3. The first-order chi connectivity index (χ1) is 15.2. The summed E-state index contributed by atoms with van der Waals surface area (Å²) < 4.78 is 10.9. The van der Waals surface area contributed by atoms with Crippen LogP contribution in [0.5, 0.6) is 11.5 Å². The number of rotatable bonds is 7. The number of allylic oxidation sites excluding steroid dienone is 1. The fourth-order valence-corrected chi connectivity index (χ4v) is 2.81. The first kappa shape index (κ1) is 20.0. The minimum Gasteiger partial charge on any atom is -0.489 e. The van der Waals surface area contributed by atoms with Gasteiger partial charge in [-0.3, -0.25) is 4.79 Å². The summed E-state index contributed by atoms with van der Waals surface area (Å²) in [6, 6.07) is 23.8. The maximum absolute atomic E-state index is 12.4. The van der Waals surface area contributed by atoms with E-state index < -0.39 is 5.97 Å². The van der Waals surface area contributed by atoms with Gasteiger partial charge in [0.15, 0.2) is 0 Å². The van der Waals surface area contributed by atoms with Gasteiger partial charge in [0.05, 0.1) is 0 Å². The number of hydrogen-bond donors (Lipinski definition) is 0. The van der Waals surface area contributed by atoms with Gasteiger partial charge in [-0.1, -0.05) is 54.6 Å². The van der Waals surface area contributed by atoms with E-state index in [2.05, 4.69) is 10.2 Å². The number of para-hydroxylation sites is 1. The number of esters is 1. The molecule has 0 aliphatic rings. The van der Waals surface area contributed by atoms with E-state index in [4.69, 9.17) is 9.47 Å². The van der Waals surface area contributed by atoms with E-state index in [1.54, 1.807) is 42.5 Å². The molecule has 7 nitrogen and oxygen atoms in total. The quantitative estimate of drug-likeness (QED) is 0.256. The molecule has 0 aliphatic carbocycles. The van der Waals surface area contributed by atoms with Crippen molar-refractivity contribution in [2.75, 3.05) is 0 Å². The summed E-state index contributed by atoms with van der Waals surface area (Å²) >= 11 is 0. The van der Waals surface area contributed by atoms with E-state index in [9.17, 15) is 9.59 Å². The van der Waals surface area contributed by atoms with Crippen LogP contribution in [0.15, 0.2) is 91.0 Å². The molecule has 0 unspecified atom stereocenters. The van der Waals surface area contributed by atoms with Crippen LogP contribution in [0.1, 0.15) is 16.8 Å². The second-order valence-electron chi connectivity index (χ2n) is 6.65. The Bertz CT molecular complexity index is 1220. The smallest absolute Gasteiger partial charge is 0.335 e. The number of carbonyl (C=O) groups is 2. The molecule has 0 bridgehead atoms. The van der Waals surface area contributed by atoms with Gasteiger partial charge in [-0.25, -0.2) is 4.79 Å². The standard InChI is InChI=1S/C24H19N3O4/c28-23(12-7-13-24(29)31-19-10-5-2-6-11-19)27-25-21-15-14-20(16-22(21)26-27)30-17-18-8-3-1-4-9-18/h1-11,13-16H,12,17H2. The zero-order valence-corrected chi connectivity index (χ0v) is 16.5. The maximum Gasteiger partial charge on any atom is 0.335 e. The van der Waals surface area contributed by atoms with Gasteiger partial charge in [-0.2, -0.15) is 0 Å². The third-order valence-electron chi connectivity index (χ3n) is 4.33. The van der Waals surface area contributed by atoms with Crippen LogP contribution in [0.4, 0.5) is 0 Å². The van der Waals surface area contributed by atoms with Crippen LogP contribution >= 0.6 is 0 Å². The van der Waals surface area contributed by atoms with Crippen LogP contribution < -0.4 is 9.47 Å². The van der Waals surface area contributed by atoms with Gasteiger partial charge < -0.3 is 9.47 Å². The fourth-order valence-electron chi connectivity index (χ4n) is 2.81. The third-order valence-corrected chi connectivity index (χ3v) is 4.33. The van der Waals surface area contributed by atoms with Crippen molar-refractivity contribution in [3.05, 3.63) is 96.6 Å². The number of benzene rings is 3. The van der Waals surface area contributed by atoms with E-state index >= 15 is 0 Å². The van der Waals surface area contributed by atoms with Crippen LogP contribution in [-0.4, -0.2) is 26.9 Å². The highest BCUT2D eigenvalue weighted by molar-refractivity contribution is 5.86. The minimum absolute atomic E-state index is 0.0394. The lowest BCUT2D eigenvalue weighted by molar-refractivity contribution is -0.129. The SMILES string of the molecule is O=C(C=CCC(=O)n1nc2ccc(OCc3ccccc3)cc2n1)Oc1ccccc1. The Balaban J connectivity index is 1.35. The molecule has 0 aliphatic heterocycles. The van der Waals surface area contributed by atoms with Crippen LogP contribution in [-0.2, 0) is 11.4 Å². The summed E-state index contributed by atoms with van der Waals surface area (Å²) in [6.45, 7) is 0.434. The van der Waals surface area contributed by atoms with Crippen molar-refractivity contribution >= 4 is 22.9 Å². The molecule has 0 fully saturated rings. The zero-order valence-electron chi connectivity index (χ0n) is 16.5. The Kier molecular flexibility index (Phi) is 6.13. The molecule has 4 rings (SSSR count). The zero-order chi connectivity index (χ0) is 21.5. The predicted molar refractivity (Wildman–Crippen MR) is 115 cm³/mol. The average molecular weight is 413 g/mol. The minimum atomic E-state index is -0.558. The summed E-state index contributed by atoms with van der Waals surface area (Å²) in [6.07, 6.45) is 2.60. The molecule has 31 heavy (non-hydrogen) atoms. The van der Waals surface area contributed by atoms with Gasteiger partial charge in [0, 0.05) is 18.6 Å². The second-order valence-corrected chi connectivity index (χ2v) is 6.65. The highest BCUT2D eigenvalue weighted by Crippen LogP contribution is 2.19. The van der Waals surface area contributed by atoms with E-state index in [0.717, 1.165) is 10.4 Å².